The minimum Gasteiger partial charge on any atom is -0.453 e. The van der Waals surface area contributed by atoms with Gasteiger partial charge in [-0.15, -0.1) is 6.58 Å². The highest BCUT2D eigenvalue weighted by molar-refractivity contribution is 5.92. The number of hydrogen-bond acceptors (Lipinski definition) is 3. The van der Waals surface area contributed by atoms with E-state index < -0.39 is 23.2 Å². The molecule has 2 rings (SSSR count). The number of hydrogen-bond donors (Lipinski definition) is 1. The van der Waals surface area contributed by atoms with Crippen molar-refractivity contribution in [2.75, 3.05) is 13.7 Å². The second-order valence-corrected chi connectivity index (χ2v) is 6.50. The molecule has 6 heteroatoms. The van der Waals surface area contributed by atoms with Crippen LogP contribution in [0.5, 0.6) is 0 Å². The highest BCUT2D eigenvalue weighted by Crippen LogP contribution is 2.51. The maximum absolute atomic E-state index is 13.6. The summed E-state index contributed by atoms with van der Waals surface area (Å²) < 4.78 is 18.3. The average Bonchev–Trinajstić information content (AvgIpc) is 2.83. The van der Waals surface area contributed by atoms with Gasteiger partial charge in [-0.1, -0.05) is 19.9 Å². The van der Waals surface area contributed by atoms with Gasteiger partial charge in [0.2, 0.25) is 5.91 Å². The first-order valence-corrected chi connectivity index (χ1v) is 7.21. The lowest BCUT2D eigenvalue weighted by Crippen LogP contribution is -2.72. The van der Waals surface area contributed by atoms with Gasteiger partial charge < -0.3 is 15.0 Å². The quantitative estimate of drug-likeness (QED) is 0.811. The van der Waals surface area contributed by atoms with Gasteiger partial charge in [-0.25, -0.2) is 9.18 Å². The largest absolute Gasteiger partial charge is 0.453 e. The molecule has 0 aromatic carbocycles. The highest BCUT2D eigenvalue weighted by atomic mass is 19.1. The summed E-state index contributed by atoms with van der Waals surface area (Å²) in [6, 6.07) is -0.319. The molecule has 21 heavy (non-hydrogen) atoms. The summed E-state index contributed by atoms with van der Waals surface area (Å²) in [6.07, 6.45) is 1.52. The number of nitrogens with one attached hydrogen (secondary N) is 1. The van der Waals surface area contributed by atoms with E-state index in [-0.39, 0.29) is 24.9 Å². The molecular formula is C15H23FN2O3. The molecule has 0 bridgehead atoms. The molecular weight excluding hydrogens is 275 g/mol. The van der Waals surface area contributed by atoms with Crippen molar-refractivity contribution in [1.82, 2.24) is 10.2 Å². The number of halogens is 1. The molecule has 1 saturated carbocycles. The minimum absolute atomic E-state index is 0.0518. The maximum Gasteiger partial charge on any atom is 0.407 e. The molecule has 0 aromatic rings. The van der Waals surface area contributed by atoms with Crippen LogP contribution in [0.4, 0.5) is 9.18 Å². The number of rotatable bonds is 3. The average molecular weight is 298 g/mol. The van der Waals surface area contributed by atoms with E-state index in [1.807, 2.05) is 13.8 Å². The fourth-order valence-electron chi connectivity index (χ4n) is 3.30. The third kappa shape index (κ3) is 2.40. The van der Waals surface area contributed by atoms with E-state index in [2.05, 4.69) is 16.6 Å². The van der Waals surface area contributed by atoms with Crippen LogP contribution in [0.1, 0.15) is 33.1 Å². The van der Waals surface area contributed by atoms with Gasteiger partial charge in [-0.05, 0) is 18.3 Å². The standard InChI is InChI=1S/C15H23FN2O3/c1-5-11-8-10(16)9-18(11)12(19)15(17-13(20)21-4)7-6-14(15,2)3/h5,10-11H,1,6-9H2,2-4H3,(H,17,20)/t10-,11?,15+/m0/s1. The number of ether oxygens (including phenoxy) is 1. The number of likely N-dealkylation sites (tertiary alicyclic amines) is 1. The monoisotopic (exact) mass is 298 g/mol. The molecule has 3 atom stereocenters. The van der Waals surface area contributed by atoms with Crippen LogP contribution in [0.25, 0.3) is 0 Å². The van der Waals surface area contributed by atoms with Gasteiger partial charge in [-0.2, -0.15) is 0 Å². The Balaban J connectivity index is 2.28. The molecule has 1 heterocycles. The van der Waals surface area contributed by atoms with Gasteiger partial charge in [0.05, 0.1) is 19.7 Å². The second-order valence-electron chi connectivity index (χ2n) is 6.50. The summed E-state index contributed by atoms with van der Waals surface area (Å²) in [7, 11) is 1.26. The fourth-order valence-corrected chi connectivity index (χ4v) is 3.30. The zero-order valence-electron chi connectivity index (χ0n) is 12.8. The predicted octanol–water partition coefficient (Wildman–Crippen LogP) is 2.03. The van der Waals surface area contributed by atoms with Crippen molar-refractivity contribution in [3.63, 3.8) is 0 Å². The van der Waals surface area contributed by atoms with E-state index in [0.717, 1.165) is 6.42 Å². The normalized spacial score (nSPS) is 34.0. The molecule has 0 aromatic heterocycles. The highest BCUT2D eigenvalue weighted by Gasteiger charge is 2.61. The third-order valence-electron chi connectivity index (χ3n) is 4.97. The van der Waals surface area contributed by atoms with Crippen molar-refractivity contribution in [3.05, 3.63) is 12.7 Å². The van der Waals surface area contributed by atoms with Gasteiger partial charge in [0, 0.05) is 6.42 Å². The summed E-state index contributed by atoms with van der Waals surface area (Å²) in [6.45, 7) is 7.58. The van der Waals surface area contributed by atoms with Crippen molar-refractivity contribution in [2.24, 2.45) is 5.41 Å². The molecule has 1 saturated heterocycles. The zero-order valence-corrected chi connectivity index (χ0v) is 12.8. The number of amides is 2. The molecule has 1 aliphatic heterocycles. The van der Waals surface area contributed by atoms with Crippen molar-refractivity contribution in [3.8, 4) is 0 Å². The smallest absolute Gasteiger partial charge is 0.407 e. The van der Waals surface area contributed by atoms with Crippen LogP contribution in [-0.2, 0) is 9.53 Å². The lowest BCUT2D eigenvalue weighted by Gasteiger charge is -2.55. The van der Waals surface area contributed by atoms with Crippen LogP contribution < -0.4 is 5.32 Å². The number of alkyl carbamates (subject to hydrolysis) is 1. The minimum atomic E-state index is -1.05. The first-order chi connectivity index (χ1) is 9.77. The van der Waals surface area contributed by atoms with Gasteiger partial charge >= 0.3 is 6.09 Å². The number of carbonyl (C=O) groups is 2. The third-order valence-corrected chi connectivity index (χ3v) is 4.97. The van der Waals surface area contributed by atoms with E-state index in [0.29, 0.717) is 6.42 Å². The van der Waals surface area contributed by atoms with E-state index in [4.69, 9.17) is 0 Å². The fraction of sp³-hybridized carbons (Fsp3) is 0.733. The Kier molecular flexibility index (Phi) is 4.00. The maximum atomic E-state index is 13.6. The number of methoxy groups -OCH3 is 1. The van der Waals surface area contributed by atoms with Crippen molar-refractivity contribution in [1.29, 1.82) is 0 Å². The molecule has 1 N–H and O–H groups in total. The van der Waals surface area contributed by atoms with Gasteiger partial charge in [-0.3, -0.25) is 4.79 Å². The lowest BCUT2D eigenvalue weighted by atomic mass is 9.55. The molecule has 5 nitrogen and oxygen atoms in total. The van der Waals surface area contributed by atoms with E-state index >= 15 is 0 Å². The van der Waals surface area contributed by atoms with Crippen LogP contribution >= 0.6 is 0 Å². The summed E-state index contributed by atoms with van der Waals surface area (Å²) in [5, 5.41) is 2.70. The van der Waals surface area contributed by atoms with E-state index in [1.54, 1.807) is 6.08 Å². The molecule has 1 unspecified atom stereocenters. The van der Waals surface area contributed by atoms with Gasteiger partial charge in [0.15, 0.2) is 0 Å². The van der Waals surface area contributed by atoms with Gasteiger partial charge in [0.25, 0.3) is 0 Å². The van der Waals surface area contributed by atoms with Gasteiger partial charge in [0.1, 0.15) is 11.7 Å². The SMILES string of the molecule is C=CC1C[C@H](F)CN1C(=O)[C@]1(NC(=O)OC)CCC1(C)C. The Hall–Kier alpha value is -1.59. The molecule has 0 radical (unpaired) electrons. The summed E-state index contributed by atoms with van der Waals surface area (Å²) in [5.41, 5.74) is -1.41. The Bertz CT molecular complexity index is 466. The number of nitrogens with zero attached hydrogens (tertiary/aromatic N) is 1. The van der Waals surface area contributed by atoms with Crippen LogP contribution in [-0.4, -0.2) is 48.3 Å². The topological polar surface area (TPSA) is 58.6 Å². The number of carbonyl (C=O) groups excluding carboxylic acids is 2. The molecule has 0 spiro atoms. The summed E-state index contributed by atoms with van der Waals surface area (Å²) >= 11 is 0. The Morgan fingerprint density at radius 3 is 2.52 bits per heavy atom. The van der Waals surface area contributed by atoms with E-state index in [1.165, 1.54) is 12.0 Å². The second kappa shape index (κ2) is 5.31. The van der Waals surface area contributed by atoms with Crippen molar-refractivity contribution < 1.29 is 18.7 Å². The van der Waals surface area contributed by atoms with E-state index in [9.17, 15) is 14.0 Å². The molecule has 2 aliphatic rings. The van der Waals surface area contributed by atoms with Crippen LogP contribution in [0.2, 0.25) is 0 Å². The van der Waals surface area contributed by atoms with Crippen LogP contribution in [0.15, 0.2) is 12.7 Å². The summed E-state index contributed by atoms with van der Waals surface area (Å²) in [5.74, 6) is -0.241. The molecule has 118 valence electrons. The predicted molar refractivity (Wildman–Crippen MR) is 76.5 cm³/mol. The summed E-state index contributed by atoms with van der Waals surface area (Å²) in [4.78, 5) is 26.1. The Morgan fingerprint density at radius 1 is 1.43 bits per heavy atom. The first kappa shape index (κ1) is 15.8. The Labute approximate surface area is 124 Å². The van der Waals surface area contributed by atoms with Crippen LogP contribution in [0, 0.1) is 5.41 Å². The lowest BCUT2D eigenvalue weighted by molar-refractivity contribution is -0.152. The molecule has 2 amide bonds. The Morgan fingerprint density at radius 2 is 2.10 bits per heavy atom. The van der Waals surface area contributed by atoms with Crippen molar-refractivity contribution in [2.45, 2.75) is 50.9 Å². The molecule has 1 aliphatic carbocycles. The van der Waals surface area contributed by atoms with Crippen molar-refractivity contribution >= 4 is 12.0 Å². The van der Waals surface area contributed by atoms with Crippen LogP contribution in [0.3, 0.4) is 0 Å². The molecule has 2 fully saturated rings. The first-order valence-electron chi connectivity index (χ1n) is 7.21. The zero-order chi connectivity index (χ0) is 15.8. The number of alkyl halides is 1.